The maximum absolute atomic E-state index is 9.82. The first-order valence-electron chi connectivity index (χ1n) is 4.61. The zero-order valence-corrected chi connectivity index (χ0v) is 10.0. The second kappa shape index (κ2) is 6.05. The molecule has 0 spiro atoms. The molecule has 0 radical (unpaired) electrons. The lowest BCUT2D eigenvalue weighted by atomic mass is 10.1. The van der Waals surface area contributed by atoms with Crippen LogP contribution < -0.4 is 4.74 Å². The lowest BCUT2D eigenvalue weighted by Crippen LogP contribution is -2.20. The number of ether oxygens (including phenoxy) is 1. The number of methoxy groups -OCH3 is 1. The SMILES string of the molecule is COc1cccnc1C(O)C(O)CCBr. The first-order valence-corrected chi connectivity index (χ1v) is 5.73. The minimum Gasteiger partial charge on any atom is -0.495 e. The predicted octanol–water partition coefficient (Wildman–Crippen LogP) is 1.27. The molecule has 15 heavy (non-hydrogen) atoms. The summed E-state index contributed by atoms with van der Waals surface area (Å²) in [4.78, 5) is 4.00. The smallest absolute Gasteiger partial charge is 0.143 e. The summed E-state index contributed by atoms with van der Waals surface area (Å²) in [7, 11) is 1.50. The second-order valence-corrected chi connectivity index (χ2v) is 3.87. The molecular weight excluding hydrogens is 262 g/mol. The number of nitrogens with zero attached hydrogens (tertiary/aromatic N) is 1. The number of aliphatic hydroxyl groups is 2. The van der Waals surface area contributed by atoms with Crippen LogP contribution in [0.25, 0.3) is 0 Å². The van der Waals surface area contributed by atoms with E-state index in [1.165, 1.54) is 7.11 Å². The Hall–Kier alpha value is -0.650. The van der Waals surface area contributed by atoms with Gasteiger partial charge in [-0.25, -0.2) is 0 Å². The third-order valence-corrected chi connectivity index (χ3v) is 2.53. The van der Waals surface area contributed by atoms with Crippen molar-refractivity contribution in [3.63, 3.8) is 0 Å². The van der Waals surface area contributed by atoms with Gasteiger partial charge in [0.2, 0.25) is 0 Å². The summed E-state index contributed by atoms with van der Waals surface area (Å²) in [6.07, 6.45) is 0.162. The van der Waals surface area contributed by atoms with E-state index in [-0.39, 0.29) is 0 Å². The molecule has 0 bridgehead atoms. The number of aliphatic hydroxyl groups excluding tert-OH is 2. The van der Waals surface area contributed by atoms with Crippen molar-refractivity contribution in [1.82, 2.24) is 4.98 Å². The van der Waals surface area contributed by atoms with Gasteiger partial charge in [-0.3, -0.25) is 4.98 Å². The fourth-order valence-electron chi connectivity index (χ4n) is 1.25. The van der Waals surface area contributed by atoms with Crippen molar-refractivity contribution in [1.29, 1.82) is 0 Å². The Morgan fingerprint density at radius 1 is 1.53 bits per heavy atom. The molecule has 84 valence electrons. The summed E-state index contributed by atoms with van der Waals surface area (Å²) in [6.45, 7) is 0. The molecule has 0 aliphatic rings. The van der Waals surface area contributed by atoms with Gasteiger partial charge in [-0.1, -0.05) is 15.9 Å². The van der Waals surface area contributed by atoms with Crippen LogP contribution in [0.3, 0.4) is 0 Å². The zero-order valence-electron chi connectivity index (χ0n) is 8.43. The van der Waals surface area contributed by atoms with E-state index in [1.807, 2.05) is 0 Å². The van der Waals surface area contributed by atoms with Gasteiger partial charge in [0.05, 0.1) is 13.2 Å². The van der Waals surface area contributed by atoms with Crippen LogP contribution >= 0.6 is 15.9 Å². The van der Waals surface area contributed by atoms with Gasteiger partial charge in [-0.2, -0.15) is 0 Å². The molecule has 0 saturated carbocycles. The highest BCUT2D eigenvalue weighted by Gasteiger charge is 2.22. The summed E-state index contributed by atoms with van der Waals surface area (Å²) < 4.78 is 5.05. The molecular formula is C10H14BrNO3. The highest BCUT2D eigenvalue weighted by molar-refractivity contribution is 9.09. The zero-order chi connectivity index (χ0) is 11.3. The Morgan fingerprint density at radius 2 is 2.27 bits per heavy atom. The average Bonchev–Trinajstić information content (AvgIpc) is 2.28. The van der Waals surface area contributed by atoms with Crippen molar-refractivity contribution in [3.05, 3.63) is 24.0 Å². The number of halogens is 1. The Morgan fingerprint density at radius 3 is 2.87 bits per heavy atom. The summed E-state index contributed by atoms with van der Waals surface area (Å²) in [5, 5.41) is 20.1. The summed E-state index contributed by atoms with van der Waals surface area (Å²) in [6, 6.07) is 3.42. The Balaban J connectivity index is 2.84. The number of alkyl halides is 1. The van der Waals surface area contributed by atoms with Crippen LogP contribution in [0.5, 0.6) is 5.75 Å². The van der Waals surface area contributed by atoms with Crippen LogP contribution in [-0.4, -0.2) is 33.7 Å². The van der Waals surface area contributed by atoms with Crippen molar-refractivity contribution in [2.75, 3.05) is 12.4 Å². The van der Waals surface area contributed by atoms with Crippen molar-refractivity contribution < 1.29 is 14.9 Å². The van der Waals surface area contributed by atoms with Gasteiger partial charge in [-0.05, 0) is 18.6 Å². The number of pyridine rings is 1. The van der Waals surface area contributed by atoms with Gasteiger partial charge in [0.25, 0.3) is 0 Å². The van der Waals surface area contributed by atoms with Gasteiger partial charge in [0, 0.05) is 11.5 Å². The summed E-state index contributed by atoms with van der Waals surface area (Å²) in [5.74, 6) is 0.485. The number of aromatic nitrogens is 1. The monoisotopic (exact) mass is 275 g/mol. The number of rotatable bonds is 5. The number of hydrogen-bond donors (Lipinski definition) is 2. The molecule has 0 aliphatic heterocycles. The van der Waals surface area contributed by atoms with E-state index in [0.29, 0.717) is 23.2 Å². The van der Waals surface area contributed by atoms with E-state index in [1.54, 1.807) is 18.3 Å². The van der Waals surface area contributed by atoms with Crippen LogP contribution in [0.2, 0.25) is 0 Å². The van der Waals surface area contributed by atoms with Crippen molar-refractivity contribution in [2.45, 2.75) is 18.6 Å². The first-order chi connectivity index (χ1) is 7.20. The van der Waals surface area contributed by atoms with Crippen molar-refractivity contribution in [2.24, 2.45) is 0 Å². The van der Waals surface area contributed by atoms with Crippen molar-refractivity contribution >= 4 is 15.9 Å². The van der Waals surface area contributed by atoms with E-state index in [4.69, 9.17) is 4.74 Å². The molecule has 2 N–H and O–H groups in total. The molecule has 1 aromatic rings. The second-order valence-electron chi connectivity index (χ2n) is 3.08. The third kappa shape index (κ3) is 3.15. The highest BCUT2D eigenvalue weighted by atomic mass is 79.9. The van der Waals surface area contributed by atoms with Gasteiger partial charge < -0.3 is 14.9 Å². The maximum atomic E-state index is 9.82. The maximum Gasteiger partial charge on any atom is 0.143 e. The minimum absolute atomic E-state index is 0.369. The van der Waals surface area contributed by atoms with Crippen LogP contribution in [-0.2, 0) is 0 Å². The van der Waals surface area contributed by atoms with Crippen LogP contribution in [0.1, 0.15) is 18.2 Å². The Bertz CT molecular complexity index is 308. The molecule has 1 aromatic heterocycles. The van der Waals surface area contributed by atoms with Gasteiger partial charge in [0.15, 0.2) is 0 Å². The quantitative estimate of drug-likeness (QED) is 0.795. The Labute approximate surface area is 97.0 Å². The molecule has 2 unspecified atom stereocenters. The fourth-order valence-corrected chi connectivity index (χ4v) is 1.72. The van der Waals surface area contributed by atoms with E-state index in [2.05, 4.69) is 20.9 Å². The normalized spacial score (nSPS) is 14.7. The lowest BCUT2D eigenvalue weighted by Gasteiger charge is -2.18. The molecule has 1 rings (SSSR count). The molecule has 0 fully saturated rings. The van der Waals surface area contributed by atoms with Crippen LogP contribution in [0, 0.1) is 0 Å². The molecule has 0 aliphatic carbocycles. The topological polar surface area (TPSA) is 62.6 Å². The molecule has 1 heterocycles. The summed E-state index contributed by atoms with van der Waals surface area (Å²) in [5.41, 5.74) is 0.369. The lowest BCUT2D eigenvalue weighted by molar-refractivity contribution is 0.0133. The van der Waals surface area contributed by atoms with Crippen molar-refractivity contribution in [3.8, 4) is 5.75 Å². The third-order valence-electron chi connectivity index (χ3n) is 2.07. The van der Waals surface area contributed by atoms with E-state index in [9.17, 15) is 10.2 Å². The predicted molar refractivity (Wildman–Crippen MR) is 60.2 cm³/mol. The molecule has 5 heteroatoms. The van der Waals surface area contributed by atoms with E-state index < -0.39 is 12.2 Å². The molecule has 2 atom stereocenters. The molecule has 0 saturated heterocycles. The average molecular weight is 276 g/mol. The van der Waals surface area contributed by atoms with E-state index in [0.717, 1.165) is 0 Å². The fraction of sp³-hybridized carbons (Fsp3) is 0.500. The highest BCUT2D eigenvalue weighted by Crippen LogP contribution is 2.25. The first kappa shape index (κ1) is 12.4. The van der Waals surface area contributed by atoms with Gasteiger partial charge in [0.1, 0.15) is 17.5 Å². The standard InChI is InChI=1S/C10H14BrNO3/c1-15-8-3-2-6-12-9(8)10(14)7(13)4-5-11/h2-3,6-7,10,13-14H,4-5H2,1H3. The van der Waals surface area contributed by atoms with E-state index >= 15 is 0 Å². The Kier molecular flexibility index (Phi) is 5.01. The molecule has 0 aromatic carbocycles. The van der Waals surface area contributed by atoms with Crippen LogP contribution in [0.15, 0.2) is 18.3 Å². The van der Waals surface area contributed by atoms with Gasteiger partial charge >= 0.3 is 0 Å². The van der Waals surface area contributed by atoms with Gasteiger partial charge in [-0.15, -0.1) is 0 Å². The minimum atomic E-state index is -1.02. The number of hydrogen-bond acceptors (Lipinski definition) is 4. The largest absolute Gasteiger partial charge is 0.495 e. The summed E-state index contributed by atoms with van der Waals surface area (Å²) >= 11 is 3.20. The molecule has 4 nitrogen and oxygen atoms in total. The van der Waals surface area contributed by atoms with Crippen LogP contribution in [0.4, 0.5) is 0 Å². The molecule has 0 amide bonds.